The highest BCUT2D eigenvalue weighted by atomic mass is 32.2. The number of fused-ring (bicyclic) bond motifs is 1. The molecule has 1 unspecified atom stereocenters. The lowest BCUT2D eigenvalue weighted by molar-refractivity contribution is -0.145. The first-order valence-corrected chi connectivity index (χ1v) is 12.5. The smallest absolute Gasteiger partial charge is 0.328 e. The van der Waals surface area contributed by atoms with E-state index in [0.29, 0.717) is 19.4 Å². The van der Waals surface area contributed by atoms with Gasteiger partial charge in [0.25, 0.3) is 0 Å². The maximum Gasteiger partial charge on any atom is 0.328 e. The number of carbonyl (C=O) groups excluding carboxylic acids is 2. The zero-order chi connectivity index (χ0) is 24.5. The van der Waals surface area contributed by atoms with Gasteiger partial charge in [-0.05, 0) is 38.3 Å². The molecule has 182 valence electrons. The van der Waals surface area contributed by atoms with Crippen molar-refractivity contribution < 1.29 is 27.3 Å². The van der Waals surface area contributed by atoms with Crippen LogP contribution in [0.25, 0.3) is 10.9 Å². The third-order valence-electron chi connectivity index (χ3n) is 6.22. The number of sulfonamides is 1. The number of hydrogen-bond donors (Lipinski definition) is 2. The second kappa shape index (κ2) is 9.59. The molecule has 10 nitrogen and oxygen atoms in total. The van der Waals surface area contributed by atoms with E-state index in [1.807, 2.05) is 30.5 Å². The Morgan fingerprint density at radius 1 is 1.32 bits per heavy atom. The Hall–Kier alpha value is -3.18. The Kier molecular flexibility index (Phi) is 6.76. The van der Waals surface area contributed by atoms with Crippen LogP contribution in [0.5, 0.6) is 0 Å². The molecule has 2 atom stereocenters. The maximum atomic E-state index is 13.2. The van der Waals surface area contributed by atoms with Gasteiger partial charge in [-0.2, -0.15) is 4.31 Å². The molecule has 0 bridgehead atoms. The van der Waals surface area contributed by atoms with Crippen molar-refractivity contribution in [2.75, 3.05) is 20.2 Å². The largest absolute Gasteiger partial charge is 0.467 e. The number of ether oxygens (including phenoxy) is 1. The number of amides is 1. The molecule has 1 aliphatic heterocycles. The summed E-state index contributed by atoms with van der Waals surface area (Å²) in [5.74, 6) is -1.32. The van der Waals surface area contributed by atoms with E-state index in [4.69, 9.17) is 9.26 Å². The van der Waals surface area contributed by atoms with Gasteiger partial charge in [0, 0.05) is 36.6 Å². The van der Waals surface area contributed by atoms with Crippen LogP contribution in [-0.2, 0) is 30.8 Å². The van der Waals surface area contributed by atoms with Gasteiger partial charge in [-0.1, -0.05) is 23.4 Å². The van der Waals surface area contributed by atoms with Gasteiger partial charge in [-0.3, -0.25) is 4.79 Å². The fraction of sp³-hybridized carbons (Fsp3) is 0.435. The van der Waals surface area contributed by atoms with E-state index >= 15 is 0 Å². The van der Waals surface area contributed by atoms with Crippen LogP contribution in [0.2, 0.25) is 0 Å². The van der Waals surface area contributed by atoms with Gasteiger partial charge in [-0.15, -0.1) is 0 Å². The van der Waals surface area contributed by atoms with E-state index in [0.717, 1.165) is 16.5 Å². The molecule has 4 rings (SSSR count). The van der Waals surface area contributed by atoms with Crippen molar-refractivity contribution in [3.05, 3.63) is 47.5 Å². The summed E-state index contributed by atoms with van der Waals surface area (Å²) < 4.78 is 37.6. The van der Waals surface area contributed by atoms with Crippen molar-refractivity contribution in [1.82, 2.24) is 19.8 Å². The van der Waals surface area contributed by atoms with Crippen molar-refractivity contribution in [2.45, 2.75) is 44.0 Å². The lowest BCUT2D eigenvalue weighted by Gasteiger charge is -2.31. The first kappa shape index (κ1) is 24.0. The fourth-order valence-electron chi connectivity index (χ4n) is 4.49. The van der Waals surface area contributed by atoms with Gasteiger partial charge >= 0.3 is 5.97 Å². The molecule has 2 aromatic heterocycles. The number of aromatic amines is 1. The van der Waals surface area contributed by atoms with Crippen molar-refractivity contribution in [1.29, 1.82) is 0 Å². The quantitative estimate of drug-likeness (QED) is 0.486. The number of piperidine rings is 1. The summed E-state index contributed by atoms with van der Waals surface area (Å²) in [4.78, 5) is 28.8. The number of esters is 1. The molecule has 0 saturated carbocycles. The molecular formula is C23H28N4O6S. The minimum absolute atomic E-state index is 0.0131. The molecule has 1 saturated heterocycles. The number of H-pyrrole nitrogens is 1. The minimum Gasteiger partial charge on any atom is -0.467 e. The number of aryl methyl sites for hydroxylation is 2. The average molecular weight is 489 g/mol. The number of nitrogens with one attached hydrogen (secondary N) is 2. The SMILES string of the molecule is COC(=O)[C@@H](Cc1c[nH]c2ccccc12)NC(=O)C1CCCN(S(=O)(=O)c2c(C)noc2C)C1. The number of methoxy groups -OCH3 is 1. The van der Waals surface area contributed by atoms with Crippen LogP contribution in [0.15, 0.2) is 39.9 Å². The van der Waals surface area contributed by atoms with E-state index in [9.17, 15) is 18.0 Å². The number of para-hydroxylation sites is 1. The first-order valence-electron chi connectivity index (χ1n) is 11.1. The first-order chi connectivity index (χ1) is 16.2. The average Bonchev–Trinajstić information content (AvgIpc) is 3.40. The standard InChI is InChI=1S/C23H28N4O6S/c1-14-21(15(2)33-26-14)34(30,31)27-10-6-7-16(13-27)22(28)25-20(23(29)32-3)11-17-12-24-19-9-5-4-8-18(17)19/h4-5,8-9,12,16,20,24H,6-7,10-11,13H2,1-3H3,(H,25,28)/t16?,20-/m1/s1. The van der Waals surface area contributed by atoms with Crippen LogP contribution in [0, 0.1) is 19.8 Å². The number of rotatable bonds is 7. The van der Waals surface area contributed by atoms with Crippen LogP contribution < -0.4 is 5.32 Å². The molecule has 3 heterocycles. The molecule has 11 heteroatoms. The Morgan fingerprint density at radius 3 is 2.79 bits per heavy atom. The number of hydrogen-bond acceptors (Lipinski definition) is 7. The number of aromatic nitrogens is 2. The predicted molar refractivity (Wildman–Crippen MR) is 123 cm³/mol. The second-order valence-electron chi connectivity index (χ2n) is 8.50. The number of carbonyl (C=O) groups is 2. The second-order valence-corrected chi connectivity index (χ2v) is 10.4. The van der Waals surface area contributed by atoms with Gasteiger partial charge in [0.1, 0.15) is 16.6 Å². The molecule has 1 amide bonds. The highest BCUT2D eigenvalue weighted by Gasteiger charge is 2.37. The summed E-state index contributed by atoms with van der Waals surface area (Å²) in [6.07, 6.45) is 3.09. The number of nitrogens with zero attached hydrogens (tertiary/aromatic N) is 2. The molecule has 1 fully saturated rings. The highest BCUT2D eigenvalue weighted by molar-refractivity contribution is 7.89. The fourth-order valence-corrected chi connectivity index (χ4v) is 6.31. The topological polar surface area (TPSA) is 135 Å². The molecule has 0 spiro atoms. The van der Waals surface area contributed by atoms with Gasteiger partial charge in [-0.25, -0.2) is 13.2 Å². The van der Waals surface area contributed by atoms with Crippen molar-refractivity contribution in [3.8, 4) is 0 Å². The van der Waals surface area contributed by atoms with Gasteiger partial charge < -0.3 is 19.6 Å². The molecule has 1 aliphatic rings. The van der Waals surface area contributed by atoms with Crippen LogP contribution in [0.1, 0.15) is 29.9 Å². The maximum absolute atomic E-state index is 13.2. The summed E-state index contributed by atoms with van der Waals surface area (Å²) in [6.45, 7) is 3.43. The van der Waals surface area contributed by atoms with E-state index in [1.54, 1.807) is 13.8 Å². The molecule has 2 N–H and O–H groups in total. The molecule has 34 heavy (non-hydrogen) atoms. The third kappa shape index (κ3) is 4.58. The zero-order valence-electron chi connectivity index (χ0n) is 19.3. The molecule has 0 aliphatic carbocycles. The predicted octanol–water partition coefficient (Wildman–Crippen LogP) is 2.07. The van der Waals surface area contributed by atoms with Crippen LogP contribution in [0.3, 0.4) is 0 Å². The van der Waals surface area contributed by atoms with Crippen molar-refractivity contribution >= 4 is 32.8 Å². The van der Waals surface area contributed by atoms with Crippen LogP contribution >= 0.6 is 0 Å². The molecular weight excluding hydrogens is 460 g/mol. The van der Waals surface area contributed by atoms with E-state index in [2.05, 4.69) is 15.5 Å². The summed E-state index contributed by atoms with van der Waals surface area (Å²) in [5, 5.41) is 7.49. The third-order valence-corrected chi connectivity index (χ3v) is 8.33. The molecule has 3 aromatic rings. The highest BCUT2D eigenvalue weighted by Crippen LogP contribution is 2.28. The van der Waals surface area contributed by atoms with Crippen molar-refractivity contribution in [3.63, 3.8) is 0 Å². The van der Waals surface area contributed by atoms with Gasteiger partial charge in [0.15, 0.2) is 5.76 Å². The Bertz CT molecular complexity index is 1290. The Labute approximate surface area is 197 Å². The molecule has 0 radical (unpaired) electrons. The van der Waals surface area contributed by atoms with E-state index in [-0.39, 0.29) is 35.2 Å². The summed E-state index contributed by atoms with van der Waals surface area (Å²) in [7, 11) is -2.59. The lowest BCUT2D eigenvalue weighted by atomic mass is 9.97. The monoisotopic (exact) mass is 488 g/mol. The normalized spacial score (nSPS) is 18.0. The Balaban J connectivity index is 1.50. The van der Waals surface area contributed by atoms with E-state index in [1.165, 1.54) is 11.4 Å². The minimum atomic E-state index is -3.86. The van der Waals surface area contributed by atoms with Gasteiger partial charge in [0.2, 0.25) is 15.9 Å². The summed E-state index contributed by atoms with van der Waals surface area (Å²) in [5.41, 5.74) is 2.09. The Morgan fingerprint density at radius 2 is 2.09 bits per heavy atom. The van der Waals surface area contributed by atoms with E-state index < -0.39 is 28.0 Å². The summed E-state index contributed by atoms with van der Waals surface area (Å²) >= 11 is 0. The zero-order valence-corrected chi connectivity index (χ0v) is 20.1. The lowest BCUT2D eigenvalue weighted by Crippen LogP contribution is -2.50. The van der Waals surface area contributed by atoms with Crippen LogP contribution in [0.4, 0.5) is 0 Å². The van der Waals surface area contributed by atoms with Gasteiger partial charge in [0.05, 0.1) is 13.0 Å². The number of benzene rings is 1. The van der Waals surface area contributed by atoms with Crippen LogP contribution in [-0.4, -0.2) is 61.0 Å². The summed E-state index contributed by atoms with van der Waals surface area (Å²) in [6, 6.07) is 6.79. The molecule has 1 aromatic carbocycles. The van der Waals surface area contributed by atoms with Crippen molar-refractivity contribution in [2.24, 2.45) is 5.92 Å².